The third kappa shape index (κ3) is 5.29. The molecule has 0 saturated carbocycles. The summed E-state index contributed by atoms with van der Waals surface area (Å²) in [5.74, 6) is 1.42. The van der Waals surface area contributed by atoms with E-state index < -0.39 is 0 Å². The number of ether oxygens (including phenoxy) is 2. The van der Waals surface area contributed by atoms with Crippen LogP contribution in [0.15, 0.2) is 67.5 Å². The van der Waals surface area contributed by atoms with Crippen LogP contribution in [0.5, 0.6) is 11.5 Å². The first kappa shape index (κ1) is 25.7. The highest BCUT2D eigenvalue weighted by Gasteiger charge is 2.28. The van der Waals surface area contributed by atoms with Crippen LogP contribution in [0.1, 0.15) is 41.6 Å². The molecule has 2 aliphatic heterocycles. The summed E-state index contributed by atoms with van der Waals surface area (Å²) in [6.07, 6.45) is 13.1. The highest BCUT2D eigenvalue weighted by Crippen LogP contribution is 2.33. The minimum atomic E-state index is -0.265. The summed E-state index contributed by atoms with van der Waals surface area (Å²) in [5, 5.41) is 2.92. The summed E-state index contributed by atoms with van der Waals surface area (Å²) in [6.45, 7) is 1.65. The van der Waals surface area contributed by atoms with E-state index in [0.717, 1.165) is 55.6 Å². The molecule has 1 atom stereocenters. The van der Waals surface area contributed by atoms with Gasteiger partial charge in [-0.15, -0.1) is 0 Å². The Bertz CT molecular complexity index is 1510. The molecule has 10 heteroatoms. The molecule has 1 saturated heterocycles. The monoisotopic (exact) mass is 540 g/mol. The molecule has 0 radical (unpaired) electrons. The van der Waals surface area contributed by atoms with Gasteiger partial charge in [0.1, 0.15) is 5.82 Å². The number of carbonyl (C=O) groups excluding carboxylic acids is 2. The molecule has 2 aromatic carbocycles. The number of benzene rings is 2. The van der Waals surface area contributed by atoms with Crippen LogP contribution in [0.25, 0.3) is 17.1 Å². The fraction of sp³-hybridized carbons (Fsp3) is 0.333. The molecule has 1 fully saturated rings. The van der Waals surface area contributed by atoms with E-state index in [2.05, 4.69) is 19.9 Å². The lowest BCUT2D eigenvalue weighted by Crippen LogP contribution is -2.44. The number of likely N-dealkylation sites (tertiary alicyclic amines) is 1. The molecule has 0 spiro atoms. The van der Waals surface area contributed by atoms with Crippen LogP contribution in [-0.4, -0.2) is 62.1 Å². The summed E-state index contributed by atoms with van der Waals surface area (Å²) in [7, 11) is 1.56. The van der Waals surface area contributed by atoms with Crippen LogP contribution in [0.4, 0.5) is 0 Å². The summed E-state index contributed by atoms with van der Waals surface area (Å²) in [6, 6.07) is 11.5. The van der Waals surface area contributed by atoms with E-state index in [-0.39, 0.29) is 31.0 Å². The van der Waals surface area contributed by atoms with Crippen molar-refractivity contribution < 1.29 is 19.1 Å². The molecule has 4 heterocycles. The highest BCUT2D eigenvalue weighted by atomic mass is 16.5. The van der Waals surface area contributed by atoms with E-state index >= 15 is 0 Å². The normalized spacial score (nSPS) is 17.0. The van der Waals surface area contributed by atoms with Crippen molar-refractivity contribution in [2.75, 3.05) is 20.3 Å². The summed E-state index contributed by atoms with van der Waals surface area (Å²) >= 11 is 0. The average molecular weight is 541 g/mol. The van der Waals surface area contributed by atoms with Gasteiger partial charge in [0.15, 0.2) is 18.1 Å². The van der Waals surface area contributed by atoms with Crippen molar-refractivity contribution in [2.24, 2.45) is 0 Å². The molecule has 206 valence electrons. The van der Waals surface area contributed by atoms with Crippen molar-refractivity contribution in [1.29, 1.82) is 0 Å². The van der Waals surface area contributed by atoms with Crippen LogP contribution in [0.2, 0.25) is 0 Å². The standard InChI is InChI=1S/C30H32N6O4/c1-39-26-6-5-22-17-27(26)40-19-28(37)33-18-21-14-23(16-25(15-21)35-13-9-32-29(22)35)30(38)36-10-3-2-4-24(36)7-11-34-12-8-31-20-34/h5-6,8-9,12-17,20,24H,2-4,7,10-11,18-19H2,1H3,(H,33,37). The Labute approximate surface area is 232 Å². The first-order valence-electron chi connectivity index (χ1n) is 13.6. The molecule has 2 amide bonds. The number of methoxy groups -OCH3 is 1. The van der Waals surface area contributed by atoms with Gasteiger partial charge in [-0.2, -0.15) is 0 Å². The first-order chi connectivity index (χ1) is 19.6. The van der Waals surface area contributed by atoms with Gasteiger partial charge in [0.2, 0.25) is 0 Å². The number of hydrogen-bond acceptors (Lipinski definition) is 6. The fourth-order valence-corrected chi connectivity index (χ4v) is 5.54. The van der Waals surface area contributed by atoms with Crippen molar-refractivity contribution in [2.45, 2.75) is 44.8 Å². The maximum Gasteiger partial charge on any atom is 0.258 e. The predicted octanol–water partition coefficient (Wildman–Crippen LogP) is 3.84. The molecule has 1 N–H and O–H groups in total. The number of imidazole rings is 2. The highest BCUT2D eigenvalue weighted by molar-refractivity contribution is 5.95. The van der Waals surface area contributed by atoms with Gasteiger partial charge in [-0.05, 0) is 67.6 Å². The second kappa shape index (κ2) is 11.3. The van der Waals surface area contributed by atoms with Crippen molar-refractivity contribution in [1.82, 2.24) is 29.3 Å². The molecule has 10 nitrogen and oxygen atoms in total. The number of nitrogens with one attached hydrogen (secondary N) is 1. The zero-order valence-corrected chi connectivity index (χ0v) is 22.5. The number of hydrogen-bond donors (Lipinski definition) is 1. The second-order valence-electron chi connectivity index (χ2n) is 10.2. The van der Waals surface area contributed by atoms with Gasteiger partial charge in [0.25, 0.3) is 11.8 Å². The van der Waals surface area contributed by atoms with Gasteiger partial charge in [-0.1, -0.05) is 0 Å². The molecule has 1 unspecified atom stereocenters. The van der Waals surface area contributed by atoms with Crippen LogP contribution < -0.4 is 14.8 Å². The third-order valence-electron chi connectivity index (χ3n) is 7.58. The Morgan fingerprint density at radius 3 is 2.92 bits per heavy atom. The molecule has 4 aromatic rings. The zero-order valence-electron chi connectivity index (χ0n) is 22.5. The first-order valence-corrected chi connectivity index (χ1v) is 13.6. The third-order valence-corrected chi connectivity index (χ3v) is 7.58. The maximum atomic E-state index is 14.0. The minimum Gasteiger partial charge on any atom is -0.493 e. The van der Waals surface area contributed by atoms with Crippen molar-refractivity contribution >= 4 is 11.8 Å². The number of fused-ring (bicyclic) bond motifs is 7. The molecular formula is C30H32N6O4. The summed E-state index contributed by atoms with van der Waals surface area (Å²) in [5.41, 5.74) is 3.02. The van der Waals surface area contributed by atoms with E-state index in [9.17, 15) is 9.59 Å². The Morgan fingerprint density at radius 1 is 1.15 bits per heavy atom. The van der Waals surface area contributed by atoms with Crippen LogP contribution in [-0.2, 0) is 17.9 Å². The van der Waals surface area contributed by atoms with Gasteiger partial charge in [0.05, 0.1) is 13.4 Å². The topological polar surface area (TPSA) is 104 Å². The Hall–Kier alpha value is -4.60. The number of rotatable bonds is 5. The number of carbonyl (C=O) groups is 2. The smallest absolute Gasteiger partial charge is 0.258 e. The van der Waals surface area contributed by atoms with Gasteiger partial charge in [-0.3, -0.25) is 14.2 Å². The van der Waals surface area contributed by atoms with Crippen LogP contribution >= 0.6 is 0 Å². The zero-order chi connectivity index (χ0) is 27.5. The average Bonchev–Trinajstić information content (AvgIpc) is 3.70. The van der Waals surface area contributed by atoms with Gasteiger partial charge >= 0.3 is 0 Å². The fourth-order valence-electron chi connectivity index (χ4n) is 5.54. The Morgan fingerprint density at radius 2 is 2.08 bits per heavy atom. The minimum absolute atomic E-state index is 0.00538. The Balaban J connectivity index is 1.37. The number of aryl methyl sites for hydroxylation is 1. The number of amides is 2. The molecular weight excluding hydrogens is 508 g/mol. The number of piperidine rings is 1. The molecule has 40 heavy (non-hydrogen) atoms. The molecule has 6 rings (SSSR count). The van der Waals surface area contributed by atoms with Crippen LogP contribution in [0, 0.1) is 0 Å². The van der Waals surface area contributed by atoms with Crippen molar-refractivity contribution in [3.63, 3.8) is 0 Å². The second-order valence-corrected chi connectivity index (χ2v) is 10.2. The largest absolute Gasteiger partial charge is 0.493 e. The van der Waals surface area contributed by atoms with E-state index in [4.69, 9.17) is 9.47 Å². The number of aromatic nitrogens is 4. The maximum absolute atomic E-state index is 14.0. The molecule has 4 bridgehead atoms. The summed E-state index contributed by atoms with van der Waals surface area (Å²) < 4.78 is 15.3. The Kier molecular flexibility index (Phi) is 7.22. The molecule has 2 aliphatic rings. The van der Waals surface area contributed by atoms with Gasteiger partial charge < -0.3 is 24.3 Å². The predicted molar refractivity (Wildman–Crippen MR) is 148 cm³/mol. The molecule has 0 aliphatic carbocycles. The quantitative estimate of drug-likeness (QED) is 0.413. The van der Waals surface area contributed by atoms with Crippen molar-refractivity contribution in [3.05, 3.63) is 78.6 Å². The van der Waals surface area contributed by atoms with E-state index in [1.54, 1.807) is 25.6 Å². The van der Waals surface area contributed by atoms with E-state index in [1.807, 2.05) is 58.5 Å². The van der Waals surface area contributed by atoms with Crippen molar-refractivity contribution in [3.8, 4) is 28.6 Å². The van der Waals surface area contributed by atoms with E-state index in [0.29, 0.717) is 22.9 Å². The summed E-state index contributed by atoms with van der Waals surface area (Å²) in [4.78, 5) is 37.5. The molecule has 2 aromatic heterocycles. The van der Waals surface area contributed by atoms with Crippen LogP contribution in [0.3, 0.4) is 0 Å². The SMILES string of the molecule is COc1ccc2cc1OCC(=O)NCc1cc(C(=O)N3CCCCC3CCn3ccnc3)cc(c1)-n1ccnc1-2. The number of nitrogens with zero attached hydrogens (tertiary/aromatic N) is 5. The van der Waals surface area contributed by atoms with Gasteiger partial charge in [-0.25, -0.2) is 9.97 Å². The lowest BCUT2D eigenvalue weighted by atomic mass is 9.97. The lowest BCUT2D eigenvalue weighted by Gasteiger charge is -2.36. The van der Waals surface area contributed by atoms with Gasteiger partial charge in [0, 0.05) is 67.3 Å². The lowest BCUT2D eigenvalue weighted by molar-refractivity contribution is -0.123. The van der Waals surface area contributed by atoms with E-state index in [1.165, 1.54) is 0 Å².